The standard InChI is InChI=1S/C15H21N3O3/c1-15(16,10-6-7-10)14(20)18-11-4-3-5-12(8-11)21-9-13(19)17-2/h3-5,8,10H,6-7,9,16H2,1-2H3,(H,17,19)(H,18,20). The van der Waals surface area contributed by atoms with E-state index < -0.39 is 5.54 Å². The van der Waals surface area contributed by atoms with Crippen molar-refractivity contribution in [3.8, 4) is 5.75 Å². The van der Waals surface area contributed by atoms with Gasteiger partial charge in [0.15, 0.2) is 6.61 Å². The Balaban J connectivity index is 1.97. The van der Waals surface area contributed by atoms with Crippen LogP contribution in [0.4, 0.5) is 5.69 Å². The number of carbonyl (C=O) groups excluding carboxylic acids is 2. The Morgan fingerprint density at radius 3 is 2.76 bits per heavy atom. The highest BCUT2D eigenvalue weighted by atomic mass is 16.5. The fourth-order valence-corrected chi connectivity index (χ4v) is 2.02. The van der Waals surface area contributed by atoms with Gasteiger partial charge in [-0.05, 0) is 37.8 Å². The number of rotatable bonds is 6. The molecule has 0 heterocycles. The molecule has 0 saturated heterocycles. The third kappa shape index (κ3) is 3.95. The van der Waals surface area contributed by atoms with Gasteiger partial charge in [0.2, 0.25) is 5.91 Å². The molecule has 6 nitrogen and oxygen atoms in total. The summed E-state index contributed by atoms with van der Waals surface area (Å²) in [6.07, 6.45) is 1.99. The Hall–Kier alpha value is -2.08. The number of nitrogens with two attached hydrogens (primary N) is 1. The molecule has 114 valence electrons. The van der Waals surface area contributed by atoms with Crippen LogP contribution >= 0.6 is 0 Å². The zero-order valence-electron chi connectivity index (χ0n) is 12.3. The van der Waals surface area contributed by atoms with Crippen molar-refractivity contribution in [3.05, 3.63) is 24.3 Å². The molecule has 1 aliphatic rings. The number of ether oxygens (including phenoxy) is 1. The van der Waals surface area contributed by atoms with Gasteiger partial charge in [-0.25, -0.2) is 0 Å². The van der Waals surface area contributed by atoms with E-state index in [1.54, 1.807) is 38.2 Å². The third-order valence-electron chi connectivity index (χ3n) is 3.66. The van der Waals surface area contributed by atoms with Crippen LogP contribution in [0.1, 0.15) is 19.8 Å². The van der Waals surface area contributed by atoms with Gasteiger partial charge < -0.3 is 21.1 Å². The number of hydrogen-bond donors (Lipinski definition) is 3. The van der Waals surface area contributed by atoms with E-state index >= 15 is 0 Å². The second-order valence-electron chi connectivity index (χ2n) is 5.50. The first kappa shape index (κ1) is 15.3. The maximum absolute atomic E-state index is 12.2. The fourth-order valence-electron chi connectivity index (χ4n) is 2.02. The molecule has 1 aromatic carbocycles. The van der Waals surface area contributed by atoms with E-state index in [2.05, 4.69) is 10.6 Å². The number of amides is 2. The molecule has 2 amide bonds. The smallest absolute Gasteiger partial charge is 0.257 e. The summed E-state index contributed by atoms with van der Waals surface area (Å²) in [4.78, 5) is 23.3. The Morgan fingerprint density at radius 1 is 1.43 bits per heavy atom. The van der Waals surface area contributed by atoms with E-state index in [9.17, 15) is 9.59 Å². The average Bonchev–Trinajstić information content (AvgIpc) is 3.30. The monoisotopic (exact) mass is 291 g/mol. The number of likely N-dealkylation sites (N-methyl/N-ethyl adjacent to an activating group) is 1. The quantitative estimate of drug-likeness (QED) is 0.725. The van der Waals surface area contributed by atoms with Crippen molar-refractivity contribution in [2.24, 2.45) is 11.7 Å². The van der Waals surface area contributed by atoms with Gasteiger partial charge in [-0.2, -0.15) is 0 Å². The topological polar surface area (TPSA) is 93.5 Å². The molecule has 21 heavy (non-hydrogen) atoms. The predicted molar refractivity (Wildman–Crippen MR) is 79.9 cm³/mol. The zero-order chi connectivity index (χ0) is 15.5. The first-order chi connectivity index (χ1) is 9.93. The molecule has 1 aliphatic carbocycles. The van der Waals surface area contributed by atoms with Crippen LogP contribution in [0.5, 0.6) is 5.75 Å². The number of carbonyl (C=O) groups is 2. The Kier molecular flexibility index (Phi) is 4.47. The van der Waals surface area contributed by atoms with Crippen LogP contribution in [-0.2, 0) is 9.59 Å². The minimum Gasteiger partial charge on any atom is -0.484 e. The Bertz CT molecular complexity index is 539. The number of hydrogen-bond acceptors (Lipinski definition) is 4. The summed E-state index contributed by atoms with van der Waals surface area (Å²) in [5, 5.41) is 5.27. The molecular formula is C15H21N3O3. The summed E-state index contributed by atoms with van der Waals surface area (Å²) in [6.45, 7) is 1.69. The van der Waals surface area contributed by atoms with Gasteiger partial charge >= 0.3 is 0 Å². The van der Waals surface area contributed by atoms with Crippen LogP contribution in [-0.4, -0.2) is 31.0 Å². The fraction of sp³-hybridized carbons (Fsp3) is 0.467. The minimum atomic E-state index is -0.848. The molecule has 6 heteroatoms. The van der Waals surface area contributed by atoms with Gasteiger partial charge in [0.05, 0.1) is 5.54 Å². The summed E-state index contributed by atoms with van der Waals surface area (Å²) in [5.41, 5.74) is 5.83. The van der Waals surface area contributed by atoms with Gasteiger partial charge in [0, 0.05) is 18.8 Å². The van der Waals surface area contributed by atoms with Crippen molar-refractivity contribution in [1.82, 2.24) is 5.32 Å². The molecular weight excluding hydrogens is 270 g/mol. The second kappa shape index (κ2) is 6.13. The first-order valence-corrected chi connectivity index (χ1v) is 6.97. The molecule has 0 radical (unpaired) electrons. The van der Waals surface area contributed by atoms with E-state index in [0.29, 0.717) is 11.4 Å². The van der Waals surface area contributed by atoms with Crippen LogP contribution in [0.2, 0.25) is 0 Å². The van der Waals surface area contributed by atoms with Crippen LogP contribution in [0.15, 0.2) is 24.3 Å². The van der Waals surface area contributed by atoms with E-state index in [4.69, 9.17) is 10.5 Å². The molecule has 2 rings (SSSR count). The normalized spacial score (nSPS) is 16.7. The van der Waals surface area contributed by atoms with Crippen molar-refractivity contribution in [1.29, 1.82) is 0 Å². The highest BCUT2D eigenvalue weighted by molar-refractivity contribution is 5.98. The second-order valence-corrected chi connectivity index (χ2v) is 5.50. The number of benzene rings is 1. The average molecular weight is 291 g/mol. The van der Waals surface area contributed by atoms with E-state index in [0.717, 1.165) is 12.8 Å². The molecule has 0 bridgehead atoms. The maximum atomic E-state index is 12.2. The lowest BCUT2D eigenvalue weighted by molar-refractivity contribution is -0.123. The highest BCUT2D eigenvalue weighted by Gasteiger charge is 2.44. The van der Waals surface area contributed by atoms with Crippen molar-refractivity contribution >= 4 is 17.5 Å². The lowest BCUT2D eigenvalue weighted by Crippen LogP contribution is -2.50. The van der Waals surface area contributed by atoms with E-state index in [1.165, 1.54) is 0 Å². The first-order valence-electron chi connectivity index (χ1n) is 6.97. The third-order valence-corrected chi connectivity index (χ3v) is 3.66. The van der Waals surface area contributed by atoms with Crippen LogP contribution in [0.3, 0.4) is 0 Å². The molecule has 0 spiro atoms. The molecule has 0 aromatic heterocycles. The van der Waals surface area contributed by atoms with Crippen molar-refractivity contribution in [3.63, 3.8) is 0 Å². The lowest BCUT2D eigenvalue weighted by atomic mass is 9.96. The largest absolute Gasteiger partial charge is 0.484 e. The van der Waals surface area contributed by atoms with Gasteiger partial charge in [0.1, 0.15) is 5.75 Å². The minimum absolute atomic E-state index is 0.0649. The van der Waals surface area contributed by atoms with Gasteiger partial charge in [0.25, 0.3) is 5.91 Å². The summed E-state index contributed by atoms with van der Waals surface area (Å²) in [5.74, 6) is 0.355. The predicted octanol–water partition coefficient (Wildman–Crippen LogP) is 0.877. The molecule has 1 atom stereocenters. The SMILES string of the molecule is CNC(=O)COc1cccc(NC(=O)C(C)(N)C2CC2)c1. The molecule has 4 N–H and O–H groups in total. The van der Waals surface area contributed by atoms with Crippen molar-refractivity contribution in [2.45, 2.75) is 25.3 Å². The van der Waals surface area contributed by atoms with E-state index in [-0.39, 0.29) is 24.3 Å². The highest BCUT2D eigenvalue weighted by Crippen LogP contribution is 2.38. The van der Waals surface area contributed by atoms with Crippen LogP contribution < -0.4 is 21.1 Å². The molecule has 1 unspecified atom stereocenters. The summed E-state index contributed by atoms with van der Waals surface area (Å²) in [6, 6.07) is 6.90. The van der Waals surface area contributed by atoms with Crippen LogP contribution in [0, 0.1) is 5.92 Å². The van der Waals surface area contributed by atoms with Crippen LogP contribution in [0.25, 0.3) is 0 Å². The number of nitrogens with one attached hydrogen (secondary N) is 2. The lowest BCUT2D eigenvalue weighted by Gasteiger charge is -2.23. The van der Waals surface area contributed by atoms with Gasteiger partial charge in [-0.1, -0.05) is 6.07 Å². The molecule has 1 saturated carbocycles. The van der Waals surface area contributed by atoms with Gasteiger partial charge in [-0.15, -0.1) is 0 Å². The van der Waals surface area contributed by atoms with Crippen molar-refractivity contribution < 1.29 is 14.3 Å². The van der Waals surface area contributed by atoms with Crippen molar-refractivity contribution in [2.75, 3.05) is 19.0 Å². The van der Waals surface area contributed by atoms with E-state index in [1.807, 2.05) is 0 Å². The number of anilines is 1. The maximum Gasteiger partial charge on any atom is 0.257 e. The van der Waals surface area contributed by atoms with Gasteiger partial charge in [-0.3, -0.25) is 9.59 Å². The Labute approximate surface area is 124 Å². The molecule has 0 aliphatic heterocycles. The Morgan fingerprint density at radius 2 is 2.14 bits per heavy atom. The summed E-state index contributed by atoms with van der Waals surface area (Å²) < 4.78 is 5.33. The molecule has 1 aromatic rings. The summed E-state index contributed by atoms with van der Waals surface area (Å²) >= 11 is 0. The molecule has 1 fully saturated rings. The zero-order valence-corrected chi connectivity index (χ0v) is 12.3. The summed E-state index contributed by atoms with van der Waals surface area (Å²) in [7, 11) is 1.54.